The fourth-order valence-corrected chi connectivity index (χ4v) is 2.93. The Morgan fingerprint density at radius 2 is 1.48 bits per heavy atom. The first-order chi connectivity index (χ1) is 15.1. The third kappa shape index (κ3) is 5.22. The lowest BCUT2D eigenvalue weighted by molar-refractivity contribution is 0.0734. The van der Waals surface area contributed by atoms with Crippen molar-refractivity contribution in [3.8, 4) is 29.1 Å². The lowest BCUT2D eigenvalue weighted by atomic mass is 10.0. The number of benzene rings is 3. The minimum absolute atomic E-state index is 0.308. The molecule has 0 radical (unpaired) electrons. The van der Waals surface area contributed by atoms with Gasteiger partial charge in [-0.1, -0.05) is 24.3 Å². The van der Waals surface area contributed by atoms with E-state index in [4.69, 9.17) is 18.9 Å². The van der Waals surface area contributed by atoms with Gasteiger partial charge in [-0.15, -0.1) is 0 Å². The largest absolute Gasteiger partial charge is 0.497 e. The molecule has 6 nitrogen and oxygen atoms in total. The molecule has 0 aromatic heterocycles. The van der Waals surface area contributed by atoms with Gasteiger partial charge in [-0.05, 0) is 48.0 Å². The number of methoxy groups -OCH3 is 3. The zero-order chi connectivity index (χ0) is 22.2. The van der Waals surface area contributed by atoms with E-state index in [9.17, 15) is 10.1 Å². The zero-order valence-electron chi connectivity index (χ0n) is 17.4. The summed E-state index contributed by atoms with van der Waals surface area (Å²) in [5.41, 5.74) is 2.26. The lowest BCUT2D eigenvalue weighted by Gasteiger charge is -2.09. The van der Waals surface area contributed by atoms with Crippen molar-refractivity contribution in [3.05, 3.63) is 83.4 Å². The maximum Gasteiger partial charge on any atom is 0.343 e. The highest BCUT2D eigenvalue weighted by Crippen LogP contribution is 2.28. The minimum Gasteiger partial charge on any atom is -0.497 e. The van der Waals surface area contributed by atoms with Crippen LogP contribution in [0.5, 0.6) is 23.0 Å². The molecule has 0 aliphatic heterocycles. The van der Waals surface area contributed by atoms with Gasteiger partial charge in [0, 0.05) is 11.6 Å². The van der Waals surface area contributed by atoms with Crippen LogP contribution in [0.2, 0.25) is 0 Å². The van der Waals surface area contributed by atoms with E-state index in [2.05, 4.69) is 6.07 Å². The summed E-state index contributed by atoms with van der Waals surface area (Å²) in [5.74, 6) is 1.45. The zero-order valence-corrected chi connectivity index (χ0v) is 17.4. The van der Waals surface area contributed by atoms with Crippen LogP contribution < -0.4 is 18.9 Å². The van der Waals surface area contributed by atoms with Gasteiger partial charge in [0.2, 0.25) is 0 Å². The van der Waals surface area contributed by atoms with Gasteiger partial charge in [-0.25, -0.2) is 4.79 Å². The first kappa shape index (κ1) is 21.5. The molecule has 0 aliphatic carbocycles. The second-order valence-corrected chi connectivity index (χ2v) is 6.43. The highest BCUT2D eigenvalue weighted by atomic mass is 16.5. The maximum absolute atomic E-state index is 12.5. The number of hydrogen-bond donors (Lipinski definition) is 0. The van der Waals surface area contributed by atoms with Crippen LogP contribution in [0, 0.1) is 11.3 Å². The predicted molar refractivity (Wildman–Crippen MR) is 117 cm³/mol. The standard InChI is InChI=1S/C25H21NO5/c1-28-21-13-18(14-22(15-21)29-2)25(27)31-20-10-8-17(9-11-20)12-19(16-26)23-6-4-5-7-24(23)30-3/h4-15H,1-3H3/b19-12-. The van der Waals surface area contributed by atoms with E-state index in [0.717, 1.165) is 5.56 Å². The molecular weight excluding hydrogens is 394 g/mol. The third-order valence-corrected chi connectivity index (χ3v) is 4.51. The topological polar surface area (TPSA) is 77.8 Å². The smallest absolute Gasteiger partial charge is 0.343 e. The van der Waals surface area contributed by atoms with Gasteiger partial charge in [0.05, 0.1) is 38.5 Å². The van der Waals surface area contributed by atoms with E-state index >= 15 is 0 Å². The third-order valence-electron chi connectivity index (χ3n) is 4.51. The number of esters is 1. The normalized spacial score (nSPS) is 10.7. The average molecular weight is 415 g/mol. The molecule has 0 amide bonds. The van der Waals surface area contributed by atoms with Crippen LogP contribution in [0.4, 0.5) is 0 Å². The Labute approximate surface area is 180 Å². The molecule has 0 N–H and O–H groups in total. The van der Waals surface area contributed by atoms with E-state index in [1.54, 1.807) is 61.7 Å². The van der Waals surface area contributed by atoms with Gasteiger partial charge >= 0.3 is 5.97 Å². The maximum atomic E-state index is 12.5. The summed E-state index contributed by atoms with van der Waals surface area (Å²) in [6.45, 7) is 0. The second kappa shape index (κ2) is 9.99. The van der Waals surface area contributed by atoms with Crippen molar-refractivity contribution in [3.63, 3.8) is 0 Å². The Morgan fingerprint density at radius 1 is 0.839 bits per heavy atom. The molecule has 0 heterocycles. The summed E-state index contributed by atoms with van der Waals surface area (Å²) in [6, 6.07) is 21.2. The van der Waals surface area contributed by atoms with Crippen molar-refractivity contribution < 1.29 is 23.7 Å². The SMILES string of the molecule is COc1cc(OC)cc(C(=O)Oc2ccc(/C=C(/C#N)c3ccccc3OC)cc2)c1. The molecule has 0 saturated carbocycles. The summed E-state index contributed by atoms with van der Waals surface area (Å²) < 4.78 is 21.2. The van der Waals surface area contributed by atoms with Crippen LogP contribution in [0.15, 0.2) is 66.7 Å². The molecule has 6 heteroatoms. The van der Waals surface area contributed by atoms with Gasteiger partial charge in [0.15, 0.2) is 0 Å². The number of ether oxygens (including phenoxy) is 4. The van der Waals surface area contributed by atoms with E-state index in [0.29, 0.717) is 39.7 Å². The first-order valence-corrected chi connectivity index (χ1v) is 9.38. The van der Waals surface area contributed by atoms with E-state index in [1.807, 2.05) is 18.2 Å². The predicted octanol–water partition coefficient (Wildman–Crippen LogP) is 5.00. The molecule has 3 rings (SSSR count). The summed E-state index contributed by atoms with van der Waals surface area (Å²) >= 11 is 0. The monoisotopic (exact) mass is 415 g/mol. The van der Waals surface area contributed by atoms with Crippen LogP contribution in [0.3, 0.4) is 0 Å². The number of allylic oxidation sites excluding steroid dienone is 1. The van der Waals surface area contributed by atoms with Crippen molar-refractivity contribution in [2.75, 3.05) is 21.3 Å². The Kier molecular flexibility index (Phi) is 6.92. The van der Waals surface area contributed by atoms with E-state index in [-0.39, 0.29) is 0 Å². The van der Waals surface area contributed by atoms with E-state index in [1.165, 1.54) is 14.2 Å². The fraction of sp³-hybridized carbons (Fsp3) is 0.120. The Morgan fingerprint density at radius 3 is 2.06 bits per heavy atom. The highest BCUT2D eigenvalue weighted by Gasteiger charge is 2.13. The van der Waals surface area contributed by atoms with Crippen LogP contribution in [0.25, 0.3) is 11.6 Å². The minimum atomic E-state index is -0.535. The van der Waals surface area contributed by atoms with Crippen molar-refractivity contribution >= 4 is 17.6 Å². The molecule has 0 aliphatic rings. The molecule has 0 saturated heterocycles. The number of carbonyl (C=O) groups excluding carboxylic acids is 1. The number of hydrogen-bond acceptors (Lipinski definition) is 6. The highest BCUT2D eigenvalue weighted by molar-refractivity contribution is 5.93. The van der Waals surface area contributed by atoms with Gasteiger partial charge in [0.25, 0.3) is 0 Å². The van der Waals surface area contributed by atoms with Crippen molar-refractivity contribution in [2.24, 2.45) is 0 Å². The number of nitrogens with zero attached hydrogens (tertiary/aromatic N) is 1. The quantitative estimate of drug-likeness (QED) is 0.234. The Hall–Kier alpha value is -4.24. The number of nitriles is 1. The number of carbonyl (C=O) groups is 1. The van der Waals surface area contributed by atoms with Crippen LogP contribution in [-0.2, 0) is 0 Å². The summed E-state index contributed by atoms with van der Waals surface area (Å²) in [4.78, 5) is 12.5. The molecule has 31 heavy (non-hydrogen) atoms. The van der Waals surface area contributed by atoms with Gasteiger partial charge < -0.3 is 18.9 Å². The molecule has 156 valence electrons. The Balaban J connectivity index is 1.79. The second-order valence-electron chi connectivity index (χ2n) is 6.43. The molecular formula is C25H21NO5. The molecule has 0 fully saturated rings. The van der Waals surface area contributed by atoms with Gasteiger partial charge in [-0.3, -0.25) is 0 Å². The van der Waals surface area contributed by atoms with Crippen LogP contribution in [-0.4, -0.2) is 27.3 Å². The number of para-hydroxylation sites is 1. The summed E-state index contributed by atoms with van der Waals surface area (Å²) in [7, 11) is 4.59. The molecule has 3 aromatic rings. The molecule has 0 unspecified atom stereocenters. The van der Waals surface area contributed by atoms with Crippen molar-refractivity contribution in [1.29, 1.82) is 5.26 Å². The summed E-state index contributed by atoms with van der Waals surface area (Å²) in [6.07, 6.45) is 1.75. The molecule has 3 aromatic carbocycles. The molecule has 0 spiro atoms. The number of rotatable bonds is 7. The van der Waals surface area contributed by atoms with Gasteiger partial charge in [0.1, 0.15) is 23.0 Å². The van der Waals surface area contributed by atoms with Crippen molar-refractivity contribution in [1.82, 2.24) is 0 Å². The van der Waals surface area contributed by atoms with Crippen molar-refractivity contribution in [2.45, 2.75) is 0 Å². The fourth-order valence-electron chi connectivity index (χ4n) is 2.93. The molecule has 0 atom stereocenters. The first-order valence-electron chi connectivity index (χ1n) is 9.38. The van der Waals surface area contributed by atoms with Crippen LogP contribution >= 0.6 is 0 Å². The van der Waals surface area contributed by atoms with Crippen LogP contribution in [0.1, 0.15) is 21.5 Å². The summed E-state index contributed by atoms with van der Waals surface area (Å²) in [5, 5.41) is 9.58. The lowest BCUT2D eigenvalue weighted by Crippen LogP contribution is -2.09. The molecule has 0 bridgehead atoms. The van der Waals surface area contributed by atoms with Gasteiger partial charge in [-0.2, -0.15) is 5.26 Å². The van der Waals surface area contributed by atoms with E-state index < -0.39 is 5.97 Å². The average Bonchev–Trinajstić information content (AvgIpc) is 2.83. The Bertz CT molecular complexity index is 1120.